The van der Waals surface area contributed by atoms with Crippen LogP contribution < -0.4 is 10.9 Å². The van der Waals surface area contributed by atoms with Gasteiger partial charge in [-0.3, -0.25) is 14.3 Å². The molecule has 5 aromatic rings. The van der Waals surface area contributed by atoms with Gasteiger partial charge in [-0.2, -0.15) is 0 Å². The number of hydrogen-bond acceptors (Lipinski definition) is 8. The smallest absolute Gasteiger partial charge is 0.356 e. The topological polar surface area (TPSA) is 123 Å². The molecule has 38 heavy (non-hydrogen) atoms. The molecule has 192 valence electrons. The van der Waals surface area contributed by atoms with E-state index in [9.17, 15) is 14.7 Å². The quantitative estimate of drug-likeness (QED) is 0.262. The Morgan fingerprint density at radius 1 is 1.11 bits per heavy atom. The molecule has 0 aliphatic rings. The highest BCUT2D eigenvalue weighted by Crippen LogP contribution is 2.30. The molecule has 0 saturated carbocycles. The molecule has 5 rings (SSSR count). The molecule has 4 aromatic heterocycles. The summed E-state index contributed by atoms with van der Waals surface area (Å²) in [4.78, 5) is 44.1. The van der Waals surface area contributed by atoms with Gasteiger partial charge >= 0.3 is 5.97 Å². The number of thiazole rings is 1. The lowest BCUT2D eigenvalue weighted by Gasteiger charge is -2.20. The van der Waals surface area contributed by atoms with Crippen LogP contribution >= 0.6 is 22.9 Å². The van der Waals surface area contributed by atoms with Crippen LogP contribution in [0.25, 0.3) is 33.0 Å². The maximum atomic E-state index is 13.5. The number of benzene rings is 1. The molecular formula is C27H23ClN6O3S. The molecule has 0 bridgehead atoms. The van der Waals surface area contributed by atoms with Crippen LogP contribution in [0.1, 0.15) is 39.5 Å². The van der Waals surface area contributed by atoms with Crippen molar-refractivity contribution in [2.75, 3.05) is 5.32 Å². The number of pyridine rings is 2. The number of carbonyl (C=O) groups is 1. The molecule has 0 aliphatic carbocycles. The third kappa shape index (κ3) is 4.75. The lowest BCUT2D eigenvalue weighted by Crippen LogP contribution is -2.22. The first-order valence-corrected chi connectivity index (χ1v) is 12.9. The van der Waals surface area contributed by atoms with Gasteiger partial charge in [-0.25, -0.2) is 19.7 Å². The van der Waals surface area contributed by atoms with E-state index in [1.807, 2.05) is 51.2 Å². The molecule has 11 heteroatoms. The first-order valence-electron chi connectivity index (χ1n) is 11.7. The Hall–Kier alpha value is -4.15. The number of carboxylic acid groups (broad SMARTS) is 1. The lowest BCUT2D eigenvalue weighted by atomic mass is 10.0. The van der Waals surface area contributed by atoms with Crippen molar-refractivity contribution in [3.63, 3.8) is 0 Å². The molecule has 0 fully saturated rings. The molecule has 0 saturated heterocycles. The zero-order valence-electron chi connectivity index (χ0n) is 21.0. The summed E-state index contributed by atoms with van der Waals surface area (Å²) in [5.41, 5.74) is 3.51. The van der Waals surface area contributed by atoms with Crippen LogP contribution in [0, 0.1) is 13.8 Å². The normalized spacial score (nSPS) is 12.0. The van der Waals surface area contributed by atoms with Crippen molar-refractivity contribution in [3.05, 3.63) is 86.0 Å². The largest absolute Gasteiger partial charge is 0.476 e. The van der Waals surface area contributed by atoms with E-state index in [1.54, 1.807) is 30.6 Å². The van der Waals surface area contributed by atoms with E-state index < -0.39 is 12.0 Å². The number of aromatic nitrogens is 5. The molecule has 1 aromatic carbocycles. The summed E-state index contributed by atoms with van der Waals surface area (Å²) in [5.74, 6) is -0.733. The van der Waals surface area contributed by atoms with E-state index in [2.05, 4.69) is 20.3 Å². The summed E-state index contributed by atoms with van der Waals surface area (Å²) in [6, 6.07) is 10.2. The molecule has 0 radical (unpaired) electrons. The Balaban J connectivity index is 1.60. The number of rotatable bonds is 6. The van der Waals surface area contributed by atoms with Crippen LogP contribution in [0.15, 0.2) is 53.6 Å². The Morgan fingerprint density at radius 2 is 1.89 bits per heavy atom. The maximum absolute atomic E-state index is 13.5. The van der Waals surface area contributed by atoms with Crippen LogP contribution in [-0.2, 0) is 7.05 Å². The Labute approximate surface area is 226 Å². The fourth-order valence-corrected chi connectivity index (χ4v) is 5.18. The van der Waals surface area contributed by atoms with Gasteiger partial charge in [0.25, 0.3) is 5.56 Å². The van der Waals surface area contributed by atoms with Gasteiger partial charge in [-0.05, 0) is 56.7 Å². The van der Waals surface area contributed by atoms with Crippen LogP contribution in [-0.4, -0.2) is 35.6 Å². The number of nitrogens with one attached hydrogen (secondary N) is 1. The summed E-state index contributed by atoms with van der Waals surface area (Å²) < 4.78 is 1.51. The number of hydrogen-bond donors (Lipinski definition) is 2. The van der Waals surface area contributed by atoms with Crippen molar-refractivity contribution in [3.8, 4) is 22.1 Å². The van der Waals surface area contributed by atoms with Crippen molar-refractivity contribution >= 4 is 45.5 Å². The summed E-state index contributed by atoms with van der Waals surface area (Å²) in [6.07, 6.45) is 3.50. The SMILES string of the molecule is Cc1cc([C@@H](C)Nc2ccc(Cl)nc2C(=O)O)c2nc(-c3ccc(-c4ncc(C)s4)nc3)n(C)c(=O)c2c1. The van der Waals surface area contributed by atoms with Crippen LogP contribution in [0.3, 0.4) is 0 Å². The number of aryl methyl sites for hydroxylation is 2. The summed E-state index contributed by atoms with van der Waals surface area (Å²) in [6.45, 7) is 5.77. The molecule has 0 spiro atoms. The molecule has 1 atom stereocenters. The lowest BCUT2D eigenvalue weighted by molar-refractivity contribution is 0.0691. The van der Waals surface area contributed by atoms with Gasteiger partial charge in [-0.1, -0.05) is 17.7 Å². The van der Waals surface area contributed by atoms with Gasteiger partial charge in [0.05, 0.1) is 28.3 Å². The molecule has 0 unspecified atom stereocenters. The highest BCUT2D eigenvalue weighted by molar-refractivity contribution is 7.14. The molecule has 9 nitrogen and oxygen atoms in total. The first-order chi connectivity index (χ1) is 18.1. The minimum atomic E-state index is -1.20. The summed E-state index contributed by atoms with van der Waals surface area (Å²) in [5, 5.41) is 14.2. The average Bonchev–Trinajstić information content (AvgIpc) is 3.33. The number of carboxylic acids is 1. The third-order valence-electron chi connectivity index (χ3n) is 6.12. The Kier molecular flexibility index (Phi) is 6.68. The zero-order valence-corrected chi connectivity index (χ0v) is 22.6. The number of fused-ring (bicyclic) bond motifs is 1. The second-order valence-corrected chi connectivity index (χ2v) is 10.6. The second-order valence-electron chi connectivity index (χ2n) is 8.96. The van der Waals surface area contributed by atoms with Gasteiger partial charge in [0.2, 0.25) is 0 Å². The van der Waals surface area contributed by atoms with E-state index in [4.69, 9.17) is 16.6 Å². The second kappa shape index (κ2) is 9.96. The first kappa shape index (κ1) is 25.5. The number of halogens is 1. The molecule has 4 heterocycles. The number of aromatic carboxylic acids is 1. The fraction of sp³-hybridized carbons (Fsp3) is 0.185. The van der Waals surface area contributed by atoms with Crippen molar-refractivity contribution in [2.45, 2.75) is 26.8 Å². The number of nitrogens with zero attached hydrogens (tertiary/aromatic N) is 5. The summed E-state index contributed by atoms with van der Waals surface area (Å²) in [7, 11) is 1.68. The molecule has 0 aliphatic heterocycles. The standard InChI is InChI=1S/C27H23ClN6O3S/c1-13-9-17(15(3)31-19-7-8-21(28)32-23(19)27(36)37)22-18(10-13)26(35)34(4)24(33-22)16-5-6-20(29-12-16)25-30-11-14(2)38-25/h5-12,15,31H,1-4H3,(H,36,37)/t15-/m1/s1. The predicted octanol–water partition coefficient (Wildman–Crippen LogP) is 5.66. The molecular weight excluding hydrogens is 524 g/mol. The Morgan fingerprint density at radius 3 is 2.55 bits per heavy atom. The average molecular weight is 547 g/mol. The van der Waals surface area contributed by atoms with Crippen LogP contribution in [0.2, 0.25) is 5.15 Å². The molecule has 0 amide bonds. The zero-order chi connectivity index (χ0) is 27.1. The molecule has 2 N–H and O–H groups in total. The van der Waals surface area contributed by atoms with Crippen LogP contribution in [0.4, 0.5) is 5.69 Å². The maximum Gasteiger partial charge on any atom is 0.356 e. The monoisotopic (exact) mass is 546 g/mol. The van der Waals surface area contributed by atoms with Crippen molar-refractivity contribution < 1.29 is 9.90 Å². The van der Waals surface area contributed by atoms with E-state index >= 15 is 0 Å². The Bertz CT molecular complexity index is 1760. The highest BCUT2D eigenvalue weighted by Gasteiger charge is 2.20. The van der Waals surface area contributed by atoms with Crippen molar-refractivity contribution in [1.82, 2.24) is 24.5 Å². The highest BCUT2D eigenvalue weighted by atomic mass is 35.5. The fourth-order valence-electron chi connectivity index (χ4n) is 4.29. The van der Waals surface area contributed by atoms with E-state index in [-0.39, 0.29) is 16.4 Å². The van der Waals surface area contributed by atoms with Gasteiger partial charge in [0, 0.05) is 35.4 Å². The van der Waals surface area contributed by atoms with Crippen LogP contribution in [0.5, 0.6) is 0 Å². The van der Waals surface area contributed by atoms with E-state index in [1.165, 1.54) is 10.6 Å². The van der Waals surface area contributed by atoms with Gasteiger partial charge in [0.15, 0.2) is 5.69 Å². The van der Waals surface area contributed by atoms with Gasteiger partial charge in [-0.15, -0.1) is 11.3 Å². The van der Waals surface area contributed by atoms with Crippen molar-refractivity contribution in [1.29, 1.82) is 0 Å². The number of anilines is 1. The van der Waals surface area contributed by atoms with Gasteiger partial charge < -0.3 is 10.4 Å². The predicted molar refractivity (Wildman–Crippen MR) is 149 cm³/mol. The minimum absolute atomic E-state index is 0.0843. The van der Waals surface area contributed by atoms with E-state index in [0.29, 0.717) is 28.0 Å². The minimum Gasteiger partial charge on any atom is -0.476 e. The summed E-state index contributed by atoms with van der Waals surface area (Å²) >= 11 is 7.47. The third-order valence-corrected chi connectivity index (χ3v) is 7.26. The van der Waals surface area contributed by atoms with Gasteiger partial charge in [0.1, 0.15) is 16.0 Å². The van der Waals surface area contributed by atoms with Crippen molar-refractivity contribution in [2.24, 2.45) is 7.05 Å². The van der Waals surface area contributed by atoms with E-state index in [0.717, 1.165) is 26.7 Å².